The summed E-state index contributed by atoms with van der Waals surface area (Å²) >= 11 is 0. The molecule has 3 rings (SSSR count). The molecule has 144 valence electrons. The van der Waals surface area contributed by atoms with Gasteiger partial charge in [-0.05, 0) is 58.0 Å². The van der Waals surface area contributed by atoms with E-state index >= 15 is 0 Å². The third-order valence-electron chi connectivity index (χ3n) is 6.97. The predicted molar refractivity (Wildman–Crippen MR) is 104 cm³/mol. The van der Waals surface area contributed by atoms with Crippen LogP contribution in [-0.2, 0) is 4.79 Å². The third kappa shape index (κ3) is 4.84. The first-order chi connectivity index (χ1) is 11.9. The molecule has 3 fully saturated rings. The van der Waals surface area contributed by atoms with Gasteiger partial charge in [0.2, 0.25) is 0 Å². The maximum atomic E-state index is 12.0. The highest BCUT2D eigenvalue weighted by molar-refractivity contribution is 5.80. The van der Waals surface area contributed by atoms with Crippen molar-refractivity contribution in [3.63, 3.8) is 0 Å². The Balaban J connectivity index is 1.32. The highest BCUT2D eigenvalue weighted by Gasteiger charge is 2.44. The van der Waals surface area contributed by atoms with Gasteiger partial charge in [-0.1, -0.05) is 13.8 Å². The van der Waals surface area contributed by atoms with E-state index < -0.39 is 0 Å². The highest BCUT2D eigenvalue weighted by Crippen LogP contribution is 2.44. The van der Waals surface area contributed by atoms with E-state index in [0.717, 1.165) is 18.4 Å². The molecule has 3 unspecified atom stereocenters. The van der Waals surface area contributed by atoms with E-state index in [2.05, 4.69) is 28.5 Å². The van der Waals surface area contributed by atoms with Crippen molar-refractivity contribution in [3.05, 3.63) is 0 Å². The van der Waals surface area contributed by atoms with Crippen molar-refractivity contribution in [1.29, 1.82) is 0 Å². The summed E-state index contributed by atoms with van der Waals surface area (Å²) in [5, 5.41) is 0. The lowest BCUT2D eigenvalue weighted by atomic mass is 9.87. The summed E-state index contributed by atoms with van der Waals surface area (Å²) in [5.74, 6) is 2.17. The molecule has 0 radical (unpaired) electrons. The Bertz CT molecular complexity index is 442. The number of piperidine rings is 1. The molecule has 2 saturated heterocycles. The van der Waals surface area contributed by atoms with Crippen molar-refractivity contribution in [2.24, 2.45) is 17.8 Å². The fourth-order valence-electron chi connectivity index (χ4n) is 5.17. The van der Waals surface area contributed by atoms with Crippen molar-refractivity contribution >= 4 is 5.78 Å². The second-order valence-electron chi connectivity index (χ2n) is 9.29. The molecule has 0 aromatic rings. The Morgan fingerprint density at radius 3 is 2.28 bits per heavy atom. The fourth-order valence-corrected chi connectivity index (χ4v) is 5.17. The second kappa shape index (κ2) is 8.49. The fraction of sp³-hybridized carbons (Fsp3) is 0.952. The number of rotatable bonds is 8. The summed E-state index contributed by atoms with van der Waals surface area (Å²) in [6, 6.07) is 1.46. The van der Waals surface area contributed by atoms with Gasteiger partial charge in [-0.15, -0.1) is 0 Å². The van der Waals surface area contributed by atoms with Gasteiger partial charge >= 0.3 is 0 Å². The average molecular weight is 350 g/mol. The average Bonchev–Trinajstić information content (AvgIpc) is 3.15. The summed E-state index contributed by atoms with van der Waals surface area (Å²) in [6.45, 7) is 17.4. The van der Waals surface area contributed by atoms with Crippen LogP contribution in [0.1, 0.15) is 53.4 Å². The zero-order valence-electron chi connectivity index (χ0n) is 16.9. The molecule has 3 aliphatic rings. The summed E-state index contributed by atoms with van der Waals surface area (Å²) in [6.07, 6.45) is 4.77. The molecule has 4 heteroatoms. The summed E-state index contributed by atoms with van der Waals surface area (Å²) < 4.78 is 0. The van der Waals surface area contributed by atoms with Crippen LogP contribution in [0.4, 0.5) is 0 Å². The van der Waals surface area contributed by atoms with Crippen LogP contribution in [0, 0.1) is 17.8 Å². The molecule has 0 aromatic heterocycles. The van der Waals surface area contributed by atoms with Crippen molar-refractivity contribution in [2.45, 2.75) is 65.5 Å². The molecule has 25 heavy (non-hydrogen) atoms. The van der Waals surface area contributed by atoms with Crippen LogP contribution in [0.2, 0.25) is 0 Å². The van der Waals surface area contributed by atoms with E-state index in [1.807, 2.05) is 13.8 Å². The number of Topliss-reactive ketones (excluding diaryl/α,β-unsaturated/α-hetero) is 1. The van der Waals surface area contributed by atoms with Crippen molar-refractivity contribution < 1.29 is 4.79 Å². The van der Waals surface area contributed by atoms with Crippen molar-refractivity contribution in [2.75, 3.05) is 45.8 Å². The number of nitrogens with zero attached hydrogens (tertiary/aromatic N) is 3. The number of piperazine rings is 1. The first-order valence-electron chi connectivity index (χ1n) is 10.7. The Hall–Kier alpha value is -0.450. The van der Waals surface area contributed by atoms with Gasteiger partial charge in [0.1, 0.15) is 5.78 Å². The first-order valence-corrected chi connectivity index (χ1v) is 10.7. The number of ketones is 1. The van der Waals surface area contributed by atoms with E-state index in [1.165, 1.54) is 65.1 Å². The minimum Gasteiger partial charge on any atom is -0.301 e. The monoisotopic (exact) mass is 349 g/mol. The van der Waals surface area contributed by atoms with Crippen molar-refractivity contribution in [3.8, 4) is 0 Å². The van der Waals surface area contributed by atoms with Crippen LogP contribution in [0.5, 0.6) is 0 Å². The number of hydrogen-bond donors (Lipinski definition) is 0. The normalized spacial score (nSPS) is 31.5. The van der Waals surface area contributed by atoms with Gasteiger partial charge < -0.3 is 9.80 Å². The topological polar surface area (TPSA) is 26.8 Å². The van der Waals surface area contributed by atoms with Crippen LogP contribution >= 0.6 is 0 Å². The molecule has 4 nitrogen and oxygen atoms in total. The molecular formula is C21H39N3O. The maximum absolute atomic E-state index is 12.0. The third-order valence-corrected chi connectivity index (χ3v) is 6.97. The number of likely N-dealkylation sites (tertiary alicyclic amines) is 1. The summed E-state index contributed by atoms with van der Waals surface area (Å²) in [4.78, 5) is 20.0. The van der Waals surface area contributed by atoms with Crippen molar-refractivity contribution in [1.82, 2.24) is 14.7 Å². The van der Waals surface area contributed by atoms with Gasteiger partial charge in [0.15, 0.2) is 0 Å². The lowest BCUT2D eigenvalue weighted by Crippen LogP contribution is -2.49. The molecule has 2 aliphatic heterocycles. The van der Waals surface area contributed by atoms with Gasteiger partial charge in [0.05, 0.1) is 0 Å². The van der Waals surface area contributed by atoms with Gasteiger partial charge in [-0.25, -0.2) is 0 Å². The minimum atomic E-state index is 0.214. The van der Waals surface area contributed by atoms with Gasteiger partial charge in [-0.3, -0.25) is 9.69 Å². The van der Waals surface area contributed by atoms with Crippen LogP contribution in [0.25, 0.3) is 0 Å². The lowest BCUT2D eigenvalue weighted by molar-refractivity contribution is -0.123. The van der Waals surface area contributed by atoms with E-state index in [9.17, 15) is 4.79 Å². The van der Waals surface area contributed by atoms with Crippen LogP contribution in [0.15, 0.2) is 0 Å². The Morgan fingerprint density at radius 1 is 1.00 bits per heavy atom. The van der Waals surface area contributed by atoms with Gasteiger partial charge in [-0.2, -0.15) is 0 Å². The van der Waals surface area contributed by atoms with E-state index in [-0.39, 0.29) is 5.92 Å². The quantitative estimate of drug-likeness (QED) is 0.673. The molecule has 0 amide bonds. The number of carbonyl (C=O) groups excluding carboxylic acids is 1. The molecule has 0 N–H and O–H groups in total. The van der Waals surface area contributed by atoms with E-state index in [4.69, 9.17) is 0 Å². The standard InChI is InChI=1S/C21H39N3O/c1-16(2)21(25)14-18-12-20-13-19(18)15-24(20)7-5-6-22-8-10-23(11-9-22)17(3)4/h16-20H,5-15H2,1-4H3. The zero-order valence-corrected chi connectivity index (χ0v) is 16.9. The first kappa shape index (κ1) is 19.3. The SMILES string of the molecule is CC(C)C(=O)CC1CC2CC1CN2CCCN1CCN(C(C)C)CC1. The van der Waals surface area contributed by atoms with Crippen LogP contribution in [-0.4, -0.2) is 78.4 Å². The number of fused-ring (bicyclic) bond motifs is 2. The van der Waals surface area contributed by atoms with Crippen LogP contribution in [0.3, 0.4) is 0 Å². The maximum Gasteiger partial charge on any atom is 0.135 e. The van der Waals surface area contributed by atoms with E-state index in [0.29, 0.717) is 17.7 Å². The van der Waals surface area contributed by atoms with Gasteiger partial charge in [0, 0.05) is 57.1 Å². The zero-order chi connectivity index (χ0) is 18.0. The van der Waals surface area contributed by atoms with Gasteiger partial charge in [0.25, 0.3) is 0 Å². The molecule has 0 spiro atoms. The predicted octanol–water partition coefficient (Wildman–Crippen LogP) is 2.73. The lowest BCUT2D eigenvalue weighted by Gasteiger charge is -2.37. The largest absolute Gasteiger partial charge is 0.301 e. The highest BCUT2D eigenvalue weighted by atomic mass is 16.1. The Labute approximate surface area is 154 Å². The molecule has 3 atom stereocenters. The number of hydrogen-bond acceptors (Lipinski definition) is 4. The van der Waals surface area contributed by atoms with Crippen LogP contribution < -0.4 is 0 Å². The molecule has 2 heterocycles. The summed E-state index contributed by atoms with van der Waals surface area (Å²) in [5.41, 5.74) is 0. The number of carbonyl (C=O) groups is 1. The second-order valence-corrected chi connectivity index (χ2v) is 9.29. The molecule has 2 bridgehead atoms. The molecule has 1 aliphatic carbocycles. The van der Waals surface area contributed by atoms with E-state index in [1.54, 1.807) is 0 Å². The Kier molecular flexibility index (Phi) is 6.56. The molecule has 0 aromatic carbocycles. The Morgan fingerprint density at radius 2 is 1.72 bits per heavy atom. The summed E-state index contributed by atoms with van der Waals surface area (Å²) in [7, 11) is 0. The minimum absolute atomic E-state index is 0.214. The smallest absolute Gasteiger partial charge is 0.135 e. The molecule has 1 saturated carbocycles. The molecular weight excluding hydrogens is 310 g/mol.